The number of rotatable bonds is 0. The second kappa shape index (κ2) is 2.05. The molecule has 0 aliphatic heterocycles. The molecule has 0 amide bonds. The molecule has 0 radical (unpaired) electrons. The lowest BCUT2D eigenvalue weighted by Gasteiger charge is -2.36. The van der Waals surface area contributed by atoms with Crippen LogP contribution in [0.3, 0.4) is 0 Å². The molecule has 3 N–H and O–H groups in total. The number of aliphatic hydroxyl groups excluding tert-OH is 1. The molecule has 2 saturated carbocycles. The van der Waals surface area contributed by atoms with Crippen LogP contribution in [0.4, 0.5) is 0 Å². The molecule has 2 fully saturated rings. The van der Waals surface area contributed by atoms with E-state index in [0.29, 0.717) is 5.92 Å². The highest BCUT2D eigenvalue weighted by atomic mass is 16.3. The zero-order chi connectivity index (χ0) is 9.15. The summed E-state index contributed by atoms with van der Waals surface area (Å²) in [5.41, 5.74) is 6.27. The summed E-state index contributed by atoms with van der Waals surface area (Å²) in [6, 6.07) is 0.0127. The first kappa shape index (κ1) is 8.52. The topological polar surface area (TPSA) is 46.2 Å². The van der Waals surface area contributed by atoms with Crippen molar-refractivity contribution in [3.8, 4) is 0 Å². The Hall–Kier alpha value is -0.0800. The highest BCUT2D eigenvalue weighted by Gasteiger charge is 2.64. The minimum atomic E-state index is -0.286. The Bertz CT molecular complexity index is 214. The van der Waals surface area contributed by atoms with Gasteiger partial charge in [0.25, 0.3) is 0 Å². The van der Waals surface area contributed by atoms with Crippen LogP contribution < -0.4 is 5.73 Å². The third-order valence-corrected chi connectivity index (χ3v) is 4.86. The van der Waals surface area contributed by atoms with Gasteiger partial charge in [0.05, 0.1) is 6.10 Å². The number of hydrogen-bond donors (Lipinski definition) is 2. The molecule has 0 aromatic carbocycles. The minimum Gasteiger partial charge on any atom is -0.391 e. The van der Waals surface area contributed by atoms with E-state index in [1.54, 1.807) is 0 Å². The fraction of sp³-hybridized carbons (Fsp3) is 1.00. The number of hydrogen-bond acceptors (Lipinski definition) is 2. The van der Waals surface area contributed by atoms with E-state index in [-0.39, 0.29) is 23.0 Å². The molecule has 0 spiro atoms. The molecule has 2 heteroatoms. The van der Waals surface area contributed by atoms with Crippen LogP contribution in [0.1, 0.15) is 33.6 Å². The monoisotopic (exact) mass is 169 g/mol. The van der Waals surface area contributed by atoms with Crippen molar-refractivity contribution in [2.75, 3.05) is 0 Å². The maximum Gasteiger partial charge on any atom is 0.0752 e. The molecule has 0 aromatic rings. The van der Waals surface area contributed by atoms with E-state index in [2.05, 4.69) is 20.8 Å². The lowest BCUT2D eigenvalue weighted by molar-refractivity contribution is 0.00582. The summed E-state index contributed by atoms with van der Waals surface area (Å²) in [4.78, 5) is 0. The van der Waals surface area contributed by atoms with Crippen molar-refractivity contribution < 1.29 is 5.11 Å². The Morgan fingerprint density at radius 3 is 2.17 bits per heavy atom. The molecule has 0 heterocycles. The van der Waals surface area contributed by atoms with Crippen molar-refractivity contribution in [2.45, 2.75) is 45.8 Å². The summed E-state index contributed by atoms with van der Waals surface area (Å²) < 4.78 is 0. The van der Waals surface area contributed by atoms with Gasteiger partial charge in [-0.25, -0.2) is 0 Å². The first-order chi connectivity index (χ1) is 5.41. The molecule has 4 atom stereocenters. The third kappa shape index (κ3) is 0.647. The maximum atomic E-state index is 9.96. The average molecular weight is 169 g/mol. The average Bonchev–Trinajstić information content (AvgIpc) is 2.26. The van der Waals surface area contributed by atoms with E-state index >= 15 is 0 Å². The van der Waals surface area contributed by atoms with E-state index in [1.165, 1.54) is 6.42 Å². The lowest BCUT2D eigenvalue weighted by Crippen LogP contribution is -2.43. The number of fused-ring (bicyclic) bond motifs is 2. The van der Waals surface area contributed by atoms with Gasteiger partial charge in [0.15, 0.2) is 0 Å². The smallest absolute Gasteiger partial charge is 0.0752 e. The van der Waals surface area contributed by atoms with Gasteiger partial charge >= 0.3 is 0 Å². The van der Waals surface area contributed by atoms with Crippen molar-refractivity contribution in [2.24, 2.45) is 22.5 Å². The second-order valence-electron chi connectivity index (χ2n) is 5.31. The predicted molar refractivity (Wildman–Crippen MR) is 48.6 cm³/mol. The van der Waals surface area contributed by atoms with E-state index < -0.39 is 0 Å². The van der Waals surface area contributed by atoms with Crippen molar-refractivity contribution in [1.29, 1.82) is 0 Å². The summed E-state index contributed by atoms with van der Waals surface area (Å²) in [6.45, 7) is 6.69. The summed E-state index contributed by atoms with van der Waals surface area (Å²) in [6.07, 6.45) is 2.05. The molecule has 2 nitrogen and oxygen atoms in total. The zero-order valence-corrected chi connectivity index (χ0v) is 8.17. The van der Waals surface area contributed by atoms with Gasteiger partial charge in [-0.05, 0) is 24.2 Å². The van der Waals surface area contributed by atoms with Crippen molar-refractivity contribution in [3.63, 3.8) is 0 Å². The van der Waals surface area contributed by atoms with Gasteiger partial charge < -0.3 is 10.8 Å². The molecule has 0 saturated heterocycles. The summed E-state index contributed by atoms with van der Waals surface area (Å²) in [5.74, 6) is 0.525. The summed E-state index contributed by atoms with van der Waals surface area (Å²) in [7, 11) is 0. The predicted octanol–water partition coefficient (Wildman–Crippen LogP) is 1.13. The normalized spacial score (nSPS) is 56.2. The first-order valence-electron chi connectivity index (χ1n) is 4.85. The molecule has 2 rings (SSSR count). The van der Waals surface area contributed by atoms with Crippen LogP contribution in [0.5, 0.6) is 0 Å². The van der Waals surface area contributed by atoms with Gasteiger partial charge in [-0.3, -0.25) is 0 Å². The number of aliphatic hydroxyl groups is 1. The van der Waals surface area contributed by atoms with Gasteiger partial charge in [0.1, 0.15) is 0 Å². The molecule has 2 aliphatic rings. The van der Waals surface area contributed by atoms with E-state index in [9.17, 15) is 5.11 Å². The highest BCUT2D eigenvalue weighted by molar-refractivity contribution is 5.16. The third-order valence-electron chi connectivity index (χ3n) is 4.86. The van der Waals surface area contributed by atoms with Crippen molar-refractivity contribution in [1.82, 2.24) is 0 Å². The fourth-order valence-corrected chi connectivity index (χ4v) is 3.41. The van der Waals surface area contributed by atoms with Gasteiger partial charge in [-0.15, -0.1) is 0 Å². The van der Waals surface area contributed by atoms with Gasteiger partial charge in [-0.1, -0.05) is 20.8 Å². The Morgan fingerprint density at radius 2 is 1.92 bits per heavy atom. The summed E-state index contributed by atoms with van der Waals surface area (Å²) >= 11 is 0. The highest BCUT2D eigenvalue weighted by Crippen LogP contribution is 2.64. The zero-order valence-electron chi connectivity index (χ0n) is 8.17. The molecular weight excluding hydrogens is 150 g/mol. The molecule has 70 valence electrons. The Labute approximate surface area is 74.1 Å². The Morgan fingerprint density at radius 1 is 1.33 bits per heavy atom. The second-order valence-corrected chi connectivity index (χ2v) is 5.31. The first-order valence-corrected chi connectivity index (χ1v) is 4.85. The van der Waals surface area contributed by atoms with Crippen molar-refractivity contribution >= 4 is 0 Å². The molecule has 12 heavy (non-hydrogen) atoms. The van der Waals surface area contributed by atoms with Crippen LogP contribution in [0.15, 0.2) is 0 Å². The van der Waals surface area contributed by atoms with Gasteiger partial charge in [0.2, 0.25) is 0 Å². The largest absolute Gasteiger partial charge is 0.391 e. The molecule has 2 bridgehead atoms. The van der Waals surface area contributed by atoms with E-state index in [4.69, 9.17) is 5.73 Å². The lowest BCUT2D eigenvalue weighted by atomic mass is 9.70. The van der Waals surface area contributed by atoms with Crippen LogP contribution in [0, 0.1) is 16.7 Å². The van der Waals surface area contributed by atoms with E-state index in [0.717, 1.165) is 6.42 Å². The van der Waals surface area contributed by atoms with Gasteiger partial charge in [0, 0.05) is 11.5 Å². The summed E-state index contributed by atoms with van der Waals surface area (Å²) in [5, 5.41) is 9.96. The minimum absolute atomic E-state index is 0.0127. The molecule has 0 unspecified atom stereocenters. The van der Waals surface area contributed by atoms with Crippen LogP contribution in [-0.2, 0) is 0 Å². The SMILES string of the molecule is CC1(C)[C@@H]2CC[C@]1(C)[C@@H](O)[C@@H]2N. The van der Waals surface area contributed by atoms with Gasteiger partial charge in [-0.2, -0.15) is 0 Å². The molecular formula is C10H19NO. The number of nitrogens with two attached hydrogens (primary N) is 1. The molecule has 0 aromatic heterocycles. The fourth-order valence-electron chi connectivity index (χ4n) is 3.41. The Kier molecular flexibility index (Phi) is 1.45. The Balaban J connectivity index is 2.44. The van der Waals surface area contributed by atoms with E-state index in [1.807, 2.05) is 0 Å². The quantitative estimate of drug-likeness (QED) is 0.571. The van der Waals surface area contributed by atoms with Crippen LogP contribution in [0.25, 0.3) is 0 Å². The standard InChI is InChI=1S/C10H19NO/c1-9(2)6-4-5-10(9,3)8(12)7(6)11/h6-8,12H,4-5,11H2,1-3H3/t6-,7-,8+,10-/m1/s1. The van der Waals surface area contributed by atoms with Crippen LogP contribution >= 0.6 is 0 Å². The molecule has 2 aliphatic carbocycles. The van der Waals surface area contributed by atoms with Crippen LogP contribution in [0.2, 0.25) is 0 Å². The maximum absolute atomic E-state index is 9.96. The van der Waals surface area contributed by atoms with Crippen LogP contribution in [-0.4, -0.2) is 17.3 Å². The van der Waals surface area contributed by atoms with Crippen molar-refractivity contribution in [3.05, 3.63) is 0 Å².